The van der Waals surface area contributed by atoms with Crippen molar-refractivity contribution in [2.24, 2.45) is 5.92 Å². The van der Waals surface area contributed by atoms with Crippen LogP contribution in [0.2, 0.25) is 10.0 Å². The van der Waals surface area contributed by atoms with Gasteiger partial charge in [-0.25, -0.2) is 0 Å². The Morgan fingerprint density at radius 2 is 1.08 bits per heavy atom. The summed E-state index contributed by atoms with van der Waals surface area (Å²) in [6.07, 6.45) is -8.10. The molecule has 4 aromatic rings. The first-order valence-corrected chi connectivity index (χ1v) is 15.9. The Hall–Kier alpha value is -3.41. The van der Waals surface area contributed by atoms with Gasteiger partial charge in [0.25, 0.3) is 0 Å². The van der Waals surface area contributed by atoms with E-state index < -0.39 is 23.5 Å². The smallest absolute Gasteiger partial charge is 0.298 e. The molecule has 0 N–H and O–H groups in total. The Kier molecular flexibility index (Phi) is 10.9. The Balaban J connectivity index is 0.000000147. The molecule has 0 spiro atoms. The first kappa shape index (κ1) is 35.9. The van der Waals surface area contributed by atoms with Gasteiger partial charge in [0, 0.05) is 35.2 Å². The minimum atomic E-state index is -4.40. The van der Waals surface area contributed by atoms with E-state index in [4.69, 9.17) is 23.2 Å². The van der Waals surface area contributed by atoms with Gasteiger partial charge < -0.3 is 0 Å². The average Bonchev–Trinajstić information content (AvgIpc) is 3.03. The Morgan fingerprint density at radius 3 is 1.52 bits per heavy atom. The molecule has 8 rings (SSSR count). The zero-order chi connectivity index (χ0) is 34.8. The van der Waals surface area contributed by atoms with Crippen LogP contribution in [0.3, 0.4) is 0 Å². The van der Waals surface area contributed by atoms with Crippen LogP contribution in [0.4, 0.5) is 26.3 Å². The fourth-order valence-corrected chi connectivity index (χ4v) is 6.52. The molecule has 0 atom stereocenters. The molecular weight excluding hydrogens is 675 g/mol. The molecule has 0 unspecified atom stereocenters. The highest BCUT2D eigenvalue weighted by atomic mass is 35.5. The highest BCUT2D eigenvalue weighted by Gasteiger charge is 2.38. The topological polar surface area (TPSA) is 26.8 Å². The van der Waals surface area contributed by atoms with Crippen molar-refractivity contribution in [3.63, 3.8) is 0 Å². The average molecular weight is 709 g/mol. The van der Waals surface area contributed by atoms with Crippen LogP contribution in [0.15, 0.2) is 78.9 Å². The van der Waals surface area contributed by atoms with Gasteiger partial charge >= 0.3 is 12.4 Å². The van der Waals surface area contributed by atoms with Crippen LogP contribution >= 0.6 is 23.2 Å². The molecule has 4 aromatic carbocycles. The predicted octanol–water partition coefficient (Wildman–Crippen LogP) is 9.90. The fraction of sp³-hybridized carbons (Fsp3) is 0.306. The van der Waals surface area contributed by atoms with Crippen molar-refractivity contribution in [1.82, 2.24) is 14.7 Å². The van der Waals surface area contributed by atoms with Crippen molar-refractivity contribution in [1.29, 1.82) is 0 Å². The number of benzene rings is 4. The second-order valence-corrected chi connectivity index (χ2v) is 13.1. The van der Waals surface area contributed by atoms with Gasteiger partial charge in [-0.1, -0.05) is 59.6 Å². The van der Waals surface area contributed by atoms with Gasteiger partial charge in [0.2, 0.25) is 0 Å². The van der Waals surface area contributed by atoms with Crippen LogP contribution in [0.5, 0.6) is 0 Å². The van der Waals surface area contributed by atoms with Crippen molar-refractivity contribution in [2.45, 2.75) is 26.2 Å². The molecule has 4 saturated heterocycles. The summed E-state index contributed by atoms with van der Waals surface area (Å²) in [5.74, 6) is 0.955. The molecule has 0 amide bonds. The molecule has 0 aromatic heterocycles. The highest BCUT2D eigenvalue weighted by Crippen LogP contribution is 2.35. The summed E-state index contributed by atoms with van der Waals surface area (Å²) in [6, 6.07) is 18.4. The minimum absolute atomic E-state index is 0.349. The molecule has 254 valence electrons. The van der Waals surface area contributed by atoms with Crippen LogP contribution in [0, 0.1) is 19.8 Å². The van der Waals surface area contributed by atoms with E-state index in [1.54, 1.807) is 43.3 Å². The standard InChI is InChI=1S/C15H10ClF3O.C14H10ClF3.C7H13N3/c1-9-12(8-20)5-11(7-14(9)16)10-3-2-4-13(6-10)15(17,18)19;1-9-5-6-11(8-13(9)15)10-3-2-4-12(7-10)14(16,17)18;1-7-2-9-4-8(1)5-10(3-7)6-9/h2-8H,1H3;2-8H,1H3;7H,1-6H2. The third-order valence-corrected chi connectivity index (χ3v) is 9.28. The van der Waals surface area contributed by atoms with Gasteiger partial charge in [-0.2, -0.15) is 26.3 Å². The predicted molar refractivity (Wildman–Crippen MR) is 177 cm³/mol. The van der Waals surface area contributed by atoms with E-state index in [1.165, 1.54) is 57.8 Å². The van der Waals surface area contributed by atoms with E-state index in [2.05, 4.69) is 14.7 Å². The van der Waals surface area contributed by atoms with Crippen molar-refractivity contribution < 1.29 is 31.1 Å². The summed E-state index contributed by atoms with van der Waals surface area (Å²) in [7, 11) is 0. The lowest BCUT2D eigenvalue weighted by atomic mass is 9.98. The molecule has 0 radical (unpaired) electrons. The zero-order valence-corrected chi connectivity index (χ0v) is 27.7. The molecule has 0 saturated carbocycles. The monoisotopic (exact) mass is 707 g/mol. The first-order chi connectivity index (χ1) is 22.6. The number of rotatable bonds is 3. The largest absolute Gasteiger partial charge is 0.416 e. The maximum atomic E-state index is 12.7. The van der Waals surface area contributed by atoms with E-state index in [0.29, 0.717) is 49.7 Å². The highest BCUT2D eigenvalue weighted by molar-refractivity contribution is 6.32. The van der Waals surface area contributed by atoms with E-state index in [-0.39, 0.29) is 0 Å². The second kappa shape index (κ2) is 14.6. The molecule has 0 aliphatic carbocycles. The second-order valence-electron chi connectivity index (χ2n) is 12.3. The number of nitrogens with zero attached hydrogens (tertiary/aromatic N) is 3. The summed E-state index contributed by atoms with van der Waals surface area (Å²) >= 11 is 12.0. The molecule has 4 aliphatic rings. The zero-order valence-electron chi connectivity index (χ0n) is 26.2. The van der Waals surface area contributed by atoms with Crippen molar-refractivity contribution in [2.75, 3.05) is 39.6 Å². The van der Waals surface area contributed by atoms with Gasteiger partial charge in [0.15, 0.2) is 0 Å². The van der Waals surface area contributed by atoms with E-state index in [1.807, 2.05) is 6.92 Å². The Bertz CT molecular complexity index is 1720. The third-order valence-electron chi connectivity index (χ3n) is 8.48. The Morgan fingerprint density at radius 1 is 0.625 bits per heavy atom. The maximum absolute atomic E-state index is 12.7. The summed E-state index contributed by atoms with van der Waals surface area (Å²) in [6.45, 7) is 11.3. The third kappa shape index (κ3) is 8.78. The SMILES string of the molecule is C1C2CN3CN1CN(C2)C3.Cc1c(Cl)cc(-c2cccc(C(F)(F)F)c2)cc1C=O.Cc1ccc(-c2cccc(C(F)(F)F)c2)cc1Cl. The summed E-state index contributed by atoms with van der Waals surface area (Å²) in [5.41, 5.74) is 2.51. The molecular formula is C36H33Cl2F6N3O. The molecule has 4 bridgehead atoms. The number of aryl methyl sites for hydroxylation is 1. The summed E-state index contributed by atoms with van der Waals surface area (Å²) in [4.78, 5) is 18.6. The van der Waals surface area contributed by atoms with Gasteiger partial charge in [0.05, 0.1) is 31.1 Å². The lowest BCUT2D eigenvalue weighted by molar-refractivity contribution is -0.138. The first-order valence-electron chi connectivity index (χ1n) is 15.1. The molecule has 48 heavy (non-hydrogen) atoms. The number of alkyl halides is 6. The lowest BCUT2D eigenvalue weighted by Gasteiger charge is -2.54. The number of hydrogen-bond acceptors (Lipinski definition) is 4. The van der Waals surface area contributed by atoms with Crippen molar-refractivity contribution >= 4 is 29.5 Å². The van der Waals surface area contributed by atoms with Crippen LogP contribution in [0.1, 0.15) is 32.6 Å². The van der Waals surface area contributed by atoms with Gasteiger partial charge in [-0.05, 0) is 95.6 Å². The van der Waals surface area contributed by atoms with E-state index in [9.17, 15) is 31.1 Å². The molecule has 4 fully saturated rings. The number of hydrogen-bond donors (Lipinski definition) is 0. The number of aldehydes is 1. The number of carbonyl (C=O) groups excluding carboxylic acids is 1. The maximum Gasteiger partial charge on any atom is 0.416 e. The van der Waals surface area contributed by atoms with Gasteiger partial charge in [-0.3, -0.25) is 19.5 Å². The van der Waals surface area contributed by atoms with Gasteiger partial charge in [-0.15, -0.1) is 0 Å². The van der Waals surface area contributed by atoms with Crippen LogP contribution < -0.4 is 0 Å². The lowest BCUT2D eigenvalue weighted by Crippen LogP contribution is -2.67. The molecule has 4 aliphatic heterocycles. The van der Waals surface area contributed by atoms with Crippen LogP contribution in [0.25, 0.3) is 22.3 Å². The fourth-order valence-electron chi connectivity index (χ4n) is 6.11. The van der Waals surface area contributed by atoms with E-state index >= 15 is 0 Å². The molecule has 4 heterocycles. The molecule has 12 heteroatoms. The van der Waals surface area contributed by atoms with E-state index in [0.717, 1.165) is 35.7 Å². The quantitative estimate of drug-likeness (QED) is 0.157. The normalized spacial score (nSPS) is 21.1. The van der Waals surface area contributed by atoms with Crippen molar-refractivity contribution in [3.05, 3.63) is 117 Å². The summed E-state index contributed by atoms with van der Waals surface area (Å²) < 4.78 is 75.9. The summed E-state index contributed by atoms with van der Waals surface area (Å²) in [5, 5.41) is 0.895. The number of carbonyl (C=O) groups is 1. The van der Waals surface area contributed by atoms with Crippen LogP contribution in [-0.4, -0.2) is 60.6 Å². The van der Waals surface area contributed by atoms with Crippen LogP contribution in [-0.2, 0) is 12.4 Å². The van der Waals surface area contributed by atoms with Crippen molar-refractivity contribution in [3.8, 4) is 22.3 Å². The Labute approximate surface area is 285 Å². The molecule has 4 nitrogen and oxygen atoms in total. The minimum Gasteiger partial charge on any atom is -0.298 e. The number of halogens is 8. The van der Waals surface area contributed by atoms with Gasteiger partial charge in [0.1, 0.15) is 6.29 Å².